The lowest BCUT2D eigenvalue weighted by atomic mass is 9.83. The fourth-order valence-electron chi connectivity index (χ4n) is 2.92. The third-order valence-electron chi connectivity index (χ3n) is 4.28. The van der Waals surface area contributed by atoms with Crippen LogP contribution in [0.25, 0.3) is 0 Å². The highest BCUT2D eigenvalue weighted by atomic mass is 35.5. The number of benzene rings is 1. The van der Waals surface area contributed by atoms with Crippen molar-refractivity contribution in [3.05, 3.63) is 33.8 Å². The molecule has 1 saturated carbocycles. The van der Waals surface area contributed by atoms with Crippen LogP contribution >= 0.6 is 23.2 Å². The highest BCUT2D eigenvalue weighted by molar-refractivity contribution is 6.42. The number of hydrogen-bond donors (Lipinski definition) is 1. The van der Waals surface area contributed by atoms with Crippen molar-refractivity contribution in [2.45, 2.75) is 58.0 Å². The van der Waals surface area contributed by atoms with Crippen LogP contribution in [0.1, 0.15) is 51.5 Å². The highest BCUT2D eigenvalue weighted by Crippen LogP contribution is 2.39. The predicted octanol–water partition coefficient (Wildman–Crippen LogP) is 5.26. The number of rotatable bonds is 2. The Balaban J connectivity index is 2.10. The second kappa shape index (κ2) is 5.63. The van der Waals surface area contributed by atoms with Crippen molar-refractivity contribution in [1.82, 2.24) is 0 Å². The normalized spacial score (nSPS) is 27.0. The minimum atomic E-state index is -0.592. The molecule has 1 aromatic rings. The lowest BCUT2D eigenvalue weighted by Gasteiger charge is -2.28. The molecule has 0 amide bonds. The van der Waals surface area contributed by atoms with Crippen molar-refractivity contribution in [2.24, 2.45) is 5.41 Å². The molecule has 1 aliphatic rings. The van der Waals surface area contributed by atoms with E-state index >= 15 is 0 Å². The van der Waals surface area contributed by atoms with Gasteiger partial charge in [0.1, 0.15) is 0 Å². The van der Waals surface area contributed by atoms with Gasteiger partial charge in [0.15, 0.2) is 0 Å². The summed E-state index contributed by atoms with van der Waals surface area (Å²) in [7, 11) is 0. The molecule has 1 nitrogen and oxygen atoms in total. The zero-order valence-corrected chi connectivity index (χ0v) is 13.2. The summed E-state index contributed by atoms with van der Waals surface area (Å²) in [4.78, 5) is 0. The van der Waals surface area contributed by atoms with Crippen LogP contribution < -0.4 is 0 Å². The molecule has 0 aromatic heterocycles. The molecule has 0 heterocycles. The zero-order valence-electron chi connectivity index (χ0n) is 11.7. The molecule has 0 saturated heterocycles. The van der Waals surface area contributed by atoms with Crippen LogP contribution in [0.4, 0.5) is 0 Å². The Bertz CT molecular complexity index is 456. The molecule has 3 heteroatoms. The summed E-state index contributed by atoms with van der Waals surface area (Å²) in [6, 6.07) is 5.64. The Labute approximate surface area is 125 Å². The van der Waals surface area contributed by atoms with Crippen molar-refractivity contribution in [3.8, 4) is 0 Å². The Morgan fingerprint density at radius 2 is 1.79 bits per heavy atom. The van der Waals surface area contributed by atoms with Gasteiger partial charge in [0.2, 0.25) is 0 Å². The van der Waals surface area contributed by atoms with Crippen LogP contribution in [0.3, 0.4) is 0 Å². The molecule has 0 spiro atoms. The van der Waals surface area contributed by atoms with E-state index in [9.17, 15) is 5.11 Å². The summed E-state index contributed by atoms with van der Waals surface area (Å²) in [5.74, 6) is 0. The molecule has 0 radical (unpaired) electrons. The highest BCUT2D eigenvalue weighted by Gasteiger charge is 2.33. The molecule has 1 atom stereocenters. The van der Waals surface area contributed by atoms with Crippen molar-refractivity contribution in [2.75, 3.05) is 0 Å². The van der Waals surface area contributed by atoms with E-state index in [1.54, 1.807) is 0 Å². The molecule has 0 bridgehead atoms. The minimum Gasteiger partial charge on any atom is -0.390 e. The third-order valence-corrected chi connectivity index (χ3v) is 5.02. The fraction of sp³-hybridized carbons (Fsp3) is 0.625. The summed E-state index contributed by atoms with van der Waals surface area (Å²) in [6.07, 6.45) is 5.75. The molecule has 1 unspecified atom stereocenters. The maximum Gasteiger partial charge on any atom is 0.0688 e. The lowest BCUT2D eigenvalue weighted by Crippen LogP contribution is -2.31. The van der Waals surface area contributed by atoms with Crippen LogP contribution in [0.2, 0.25) is 10.0 Å². The van der Waals surface area contributed by atoms with Crippen molar-refractivity contribution in [3.63, 3.8) is 0 Å². The molecular weight excluding hydrogens is 279 g/mol. The van der Waals surface area contributed by atoms with Gasteiger partial charge in [-0.05, 0) is 48.8 Å². The Morgan fingerprint density at radius 3 is 2.47 bits per heavy atom. The molecular formula is C16H22Cl2O. The first-order chi connectivity index (χ1) is 8.80. The van der Waals surface area contributed by atoms with Crippen molar-refractivity contribution >= 4 is 23.2 Å². The van der Waals surface area contributed by atoms with Gasteiger partial charge < -0.3 is 5.11 Å². The van der Waals surface area contributed by atoms with E-state index < -0.39 is 5.60 Å². The standard InChI is InChI=1S/C16H22Cl2O/c1-15(2)6-3-7-16(19,9-8-15)11-12-4-5-13(17)14(18)10-12/h4-5,10,19H,3,6-9,11H2,1-2H3. The van der Waals surface area contributed by atoms with Gasteiger partial charge in [0.25, 0.3) is 0 Å². The Hall–Kier alpha value is -0.240. The molecule has 1 N–H and O–H groups in total. The van der Waals surface area contributed by atoms with Gasteiger partial charge in [-0.1, -0.05) is 49.5 Å². The zero-order chi connectivity index (χ0) is 14.1. The fourth-order valence-corrected chi connectivity index (χ4v) is 3.24. The second-order valence-electron chi connectivity index (χ2n) is 6.67. The molecule has 106 valence electrons. The molecule has 1 fully saturated rings. The van der Waals surface area contributed by atoms with Gasteiger partial charge in [-0.25, -0.2) is 0 Å². The van der Waals surface area contributed by atoms with Gasteiger partial charge >= 0.3 is 0 Å². The van der Waals surface area contributed by atoms with E-state index in [1.165, 1.54) is 6.42 Å². The molecule has 1 aliphatic carbocycles. The van der Waals surface area contributed by atoms with E-state index in [1.807, 2.05) is 18.2 Å². The van der Waals surface area contributed by atoms with Crippen LogP contribution in [0.5, 0.6) is 0 Å². The monoisotopic (exact) mass is 300 g/mol. The average molecular weight is 301 g/mol. The van der Waals surface area contributed by atoms with Crippen molar-refractivity contribution in [1.29, 1.82) is 0 Å². The largest absolute Gasteiger partial charge is 0.390 e. The van der Waals surface area contributed by atoms with Crippen LogP contribution in [-0.2, 0) is 6.42 Å². The number of aliphatic hydroxyl groups is 1. The number of halogens is 2. The number of hydrogen-bond acceptors (Lipinski definition) is 1. The second-order valence-corrected chi connectivity index (χ2v) is 7.48. The Kier molecular flexibility index (Phi) is 4.49. The summed E-state index contributed by atoms with van der Waals surface area (Å²) in [6.45, 7) is 4.58. The van der Waals surface area contributed by atoms with Crippen LogP contribution in [0, 0.1) is 5.41 Å². The maximum absolute atomic E-state index is 10.8. The summed E-state index contributed by atoms with van der Waals surface area (Å²) < 4.78 is 0. The summed E-state index contributed by atoms with van der Waals surface area (Å²) in [5, 5.41) is 12.0. The SMILES string of the molecule is CC1(C)CCCC(O)(Cc2ccc(Cl)c(Cl)c2)CC1. The molecule has 19 heavy (non-hydrogen) atoms. The van der Waals surface area contributed by atoms with E-state index in [0.29, 0.717) is 21.9 Å². The molecule has 0 aliphatic heterocycles. The van der Waals surface area contributed by atoms with Gasteiger partial charge in [-0.2, -0.15) is 0 Å². The summed E-state index contributed by atoms with van der Waals surface area (Å²) in [5.41, 5.74) is 0.823. The van der Waals surface area contributed by atoms with Crippen LogP contribution in [0.15, 0.2) is 18.2 Å². The average Bonchev–Trinajstić information content (AvgIpc) is 2.44. The third kappa shape index (κ3) is 4.11. The lowest BCUT2D eigenvalue weighted by molar-refractivity contribution is 0.0226. The van der Waals surface area contributed by atoms with Crippen LogP contribution in [-0.4, -0.2) is 10.7 Å². The van der Waals surface area contributed by atoms with Gasteiger partial charge in [-0.15, -0.1) is 0 Å². The van der Waals surface area contributed by atoms with E-state index in [4.69, 9.17) is 23.2 Å². The summed E-state index contributed by atoms with van der Waals surface area (Å²) >= 11 is 12.0. The minimum absolute atomic E-state index is 0.349. The van der Waals surface area contributed by atoms with E-state index in [-0.39, 0.29) is 0 Å². The topological polar surface area (TPSA) is 20.2 Å². The smallest absolute Gasteiger partial charge is 0.0688 e. The Morgan fingerprint density at radius 1 is 1.05 bits per heavy atom. The quantitative estimate of drug-likeness (QED) is 0.739. The molecule has 2 rings (SSSR count). The molecule has 1 aromatic carbocycles. The van der Waals surface area contributed by atoms with Crippen molar-refractivity contribution < 1.29 is 5.11 Å². The first kappa shape index (κ1) is 15.2. The predicted molar refractivity (Wildman–Crippen MR) is 82.0 cm³/mol. The van der Waals surface area contributed by atoms with E-state index in [2.05, 4.69) is 13.8 Å². The first-order valence-electron chi connectivity index (χ1n) is 6.96. The maximum atomic E-state index is 10.8. The van der Waals surface area contributed by atoms with Gasteiger partial charge in [0.05, 0.1) is 15.6 Å². The van der Waals surface area contributed by atoms with Gasteiger partial charge in [0, 0.05) is 6.42 Å². The first-order valence-corrected chi connectivity index (χ1v) is 7.72. The van der Waals surface area contributed by atoms with Gasteiger partial charge in [-0.3, -0.25) is 0 Å². The van der Waals surface area contributed by atoms with E-state index in [0.717, 1.165) is 31.2 Å².